The number of nitrogens with one attached hydrogen (secondary N) is 2. The second kappa shape index (κ2) is 9.97. The molecule has 2 aromatic carbocycles. The van der Waals surface area contributed by atoms with Crippen LogP contribution in [-0.2, 0) is 19.4 Å². The molecule has 1 fully saturated rings. The third kappa shape index (κ3) is 5.45. The average molecular weight is 453 g/mol. The molecule has 168 valence electrons. The van der Waals surface area contributed by atoms with E-state index in [1.807, 2.05) is 0 Å². The highest BCUT2D eigenvalue weighted by Gasteiger charge is 2.24. The van der Waals surface area contributed by atoms with Gasteiger partial charge in [-0.05, 0) is 43.2 Å². The summed E-state index contributed by atoms with van der Waals surface area (Å²) in [5.41, 5.74) is 0.114. The van der Waals surface area contributed by atoms with E-state index in [0.29, 0.717) is 18.9 Å². The van der Waals surface area contributed by atoms with Crippen LogP contribution in [0.15, 0.2) is 46.2 Å². The van der Waals surface area contributed by atoms with Gasteiger partial charge in [-0.1, -0.05) is 0 Å². The van der Waals surface area contributed by atoms with E-state index in [2.05, 4.69) is 10.6 Å². The summed E-state index contributed by atoms with van der Waals surface area (Å²) in [5.74, 6) is -0.452. The van der Waals surface area contributed by atoms with Crippen molar-refractivity contribution in [2.24, 2.45) is 0 Å². The fourth-order valence-electron chi connectivity index (χ4n) is 3.25. The van der Waals surface area contributed by atoms with Crippen LogP contribution in [0.5, 0.6) is 11.5 Å². The Kier molecular flexibility index (Phi) is 7.34. The highest BCUT2D eigenvalue weighted by Crippen LogP contribution is 2.34. The zero-order valence-corrected chi connectivity index (χ0v) is 18.1. The summed E-state index contributed by atoms with van der Waals surface area (Å²) in [6, 6.07) is 7.43. The number of benzene rings is 2. The number of anilines is 1. The van der Waals surface area contributed by atoms with Crippen LogP contribution in [0.1, 0.15) is 12.8 Å². The normalized spacial score (nSPS) is 16.0. The molecule has 2 aromatic rings. The van der Waals surface area contributed by atoms with E-state index in [0.717, 1.165) is 25.0 Å². The molecule has 1 atom stereocenters. The van der Waals surface area contributed by atoms with Crippen molar-refractivity contribution in [2.45, 2.75) is 28.7 Å². The number of methoxy groups -OCH3 is 2. The van der Waals surface area contributed by atoms with E-state index in [1.54, 1.807) is 0 Å². The monoisotopic (exact) mass is 452 g/mol. The van der Waals surface area contributed by atoms with Gasteiger partial charge in [0.05, 0.1) is 42.3 Å². The molecule has 1 saturated heterocycles. The van der Waals surface area contributed by atoms with Crippen LogP contribution in [0.25, 0.3) is 0 Å². The summed E-state index contributed by atoms with van der Waals surface area (Å²) < 4.78 is 56.1. The average Bonchev–Trinajstić information content (AvgIpc) is 3.30. The molecule has 8 nitrogen and oxygen atoms in total. The Morgan fingerprint density at radius 1 is 1.16 bits per heavy atom. The maximum absolute atomic E-state index is 13.9. The Morgan fingerprint density at radius 3 is 2.61 bits per heavy atom. The van der Waals surface area contributed by atoms with Gasteiger partial charge in [-0.25, -0.2) is 12.8 Å². The van der Waals surface area contributed by atoms with Crippen molar-refractivity contribution in [3.8, 4) is 11.5 Å². The van der Waals surface area contributed by atoms with E-state index in [-0.39, 0.29) is 39.8 Å². The third-order valence-electron chi connectivity index (χ3n) is 4.89. The van der Waals surface area contributed by atoms with E-state index in [4.69, 9.17) is 14.2 Å². The van der Waals surface area contributed by atoms with Crippen LogP contribution in [0.2, 0.25) is 0 Å². The number of sulfone groups is 1. The number of carbonyl (C=O) groups is 1. The molecule has 0 spiro atoms. The molecule has 0 saturated carbocycles. The lowest BCUT2D eigenvalue weighted by molar-refractivity contribution is -0.119. The second-order valence-corrected chi connectivity index (χ2v) is 8.87. The second-order valence-electron chi connectivity index (χ2n) is 6.95. The molecule has 1 aliphatic rings. The molecule has 3 rings (SSSR count). The Labute approximate surface area is 180 Å². The van der Waals surface area contributed by atoms with E-state index >= 15 is 0 Å². The minimum Gasteiger partial charge on any atom is -0.493 e. The Balaban J connectivity index is 1.79. The summed E-state index contributed by atoms with van der Waals surface area (Å²) in [4.78, 5) is 11.8. The minimum atomic E-state index is -4.11. The first-order valence-electron chi connectivity index (χ1n) is 9.74. The lowest BCUT2D eigenvalue weighted by Crippen LogP contribution is -2.35. The number of ether oxygens (including phenoxy) is 3. The van der Waals surface area contributed by atoms with Crippen molar-refractivity contribution in [3.63, 3.8) is 0 Å². The number of carbonyl (C=O) groups excluding carboxylic acids is 1. The molecule has 0 aromatic heterocycles. The summed E-state index contributed by atoms with van der Waals surface area (Å²) in [5, 5.41) is 5.53. The van der Waals surface area contributed by atoms with Gasteiger partial charge in [-0.3, -0.25) is 4.79 Å². The van der Waals surface area contributed by atoms with Crippen molar-refractivity contribution in [1.82, 2.24) is 5.32 Å². The molecular weight excluding hydrogens is 427 g/mol. The maximum atomic E-state index is 13.9. The quantitative estimate of drug-likeness (QED) is 0.602. The van der Waals surface area contributed by atoms with Gasteiger partial charge in [0.2, 0.25) is 15.7 Å². The van der Waals surface area contributed by atoms with Gasteiger partial charge in [0.25, 0.3) is 0 Å². The summed E-state index contributed by atoms with van der Waals surface area (Å²) in [6.07, 6.45) is 1.85. The van der Waals surface area contributed by atoms with E-state index < -0.39 is 15.7 Å². The van der Waals surface area contributed by atoms with Gasteiger partial charge in [0, 0.05) is 19.2 Å². The number of halogens is 1. The number of rotatable bonds is 9. The van der Waals surface area contributed by atoms with Crippen LogP contribution in [0.4, 0.5) is 10.1 Å². The topological polar surface area (TPSA) is 103 Å². The number of amides is 1. The lowest BCUT2D eigenvalue weighted by Gasteiger charge is -2.15. The Bertz CT molecular complexity index is 1040. The van der Waals surface area contributed by atoms with Gasteiger partial charge in [-0.15, -0.1) is 0 Å². The van der Waals surface area contributed by atoms with Crippen molar-refractivity contribution in [1.29, 1.82) is 0 Å². The smallest absolute Gasteiger partial charge is 0.239 e. The highest BCUT2D eigenvalue weighted by molar-refractivity contribution is 7.91. The molecule has 10 heteroatoms. The van der Waals surface area contributed by atoms with Crippen molar-refractivity contribution in [2.75, 3.05) is 39.2 Å². The summed E-state index contributed by atoms with van der Waals surface area (Å²) >= 11 is 0. The van der Waals surface area contributed by atoms with Crippen LogP contribution in [0.3, 0.4) is 0 Å². The predicted molar refractivity (Wildman–Crippen MR) is 112 cm³/mol. The zero-order chi connectivity index (χ0) is 22.4. The zero-order valence-electron chi connectivity index (χ0n) is 17.3. The van der Waals surface area contributed by atoms with E-state index in [9.17, 15) is 17.6 Å². The Morgan fingerprint density at radius 2 is 1.94 bits per heavy atom. The largest absolute Gasteiger partial charge is 0.493 e. The molecule has 31 heavy (non-hydrogen) atoms. The van der Waals surface area contributed by atoms with Crippen molar-refractivity contribution in [3.05, 3.63) is 42.2 Å². The first kappa shape index (κ1) is 22.8. The standard InChI is InChI=1S/C21H25FN2O6S/c1-28-18-8-6-16(11-19(18)29-2)31(26,27)20-10-14(22)5-7-17(20)23-13-21(25)24-12-15-4-3-9-30-15/h5-8,10-11,15,23H,3-4,9,12-13H2,1-2H3,(H,24,25). The fourth-order valence-corrected chi connectivity index (χ4v) is 4.71. The molecular formula is C21H25FN2O6S. The molecule has 1 aliphatic heterocycles. The minimum absolute atomic E-state index is 0.00392. The van der Waals surface area contributed by atoms with Gasteiger partial charge in [0.15, 0.2) is 11.5 Å². The van der Waals surface area contributed by atoms with Crippen LogP contribution >= 0.6 is 0 Å². The van der Waals surface area contributed by atoms with Crippen molar-refractivity contribution >= 4 is 21.4 Å². The molecule has 1 amide bonds. The van der Waals surface area contributed by atoms with E-state index in [1.165, 1.54) is 38.5 Å². The molecule has 0 bridgehead atoms. The number of hydrogen-bond acceptors (Lipinski definition) is 7. The maximum Gasteiger partial charge on any atom is 0.239 e. The van der Waals surface area contributed by atoms with Crippen molar-refractivity contribution < 1.29 is 31.8 Å². The molecule has 2 N–H and O–H groups in total. The molecule has 1 unspecified atom stereocenters. The van der Waals surface area contributed by atoms with Gasteiger partial charge in [0.1, 0.15) is 5.82 Å². The fraction of sp³-hybridized carbons (Fsp3) is 0.381. The van der Waals surface area contributed by atoms with Crippen LogP contribution < -0.4 is 20.1 Å². The highest BCUT2D eigenvalue weighted by atomic mass is 32.2. The number of hydrogen-bond donors (Lipinski definition) is 2. The molecule has 1 heterocycles. The van der Waals surface area contributed by atoms with Gasteiger partial charge >= 0.3 is 0 Å². The van der Waals surface area contributed by atoms with Crippen LogP contribution in [-0.4, -0.2) is 54.3 Å². The SMILES string of the molecule is COc1ccc(S(=O)(=O)c2cc(F)ccc2NCC(=O)NCC2CCCO2)cc1OC. The molecule has 0 radical (unpaired) electrons. The summed E-state index contributed by atoms with van der Waals surface area (Å²) in [7, 11) is -1.29. The third-order valence-corrected chi connectivity index (χ3v) is 6.68. The predicted octanol–water partition coefficient (Wildman–Crippen LogP) is 2.38. The van der Waals surface area contributed by atoms with Gasteiger partial charge < -0.3 is 24.8 Å². The van der Waals surface area contributed by atoms with Crippen LogP contribution in [0, 0.1) is 5.82 Å². The van der Waals surface area contributed by atoms with Gasteiger partial charge in [-0.2, -0.15) is 0 Å². The first-order valence-corrected chi connectivity index (χ1v) is 11.2. The first-order chi connectivity index (χ1) is 14.8. The molecule has 0 aliphatic carbocycles. The summed E-state index contributed by atoms with van der Waals surface area (Å²) in [6.45, 7) is 0.902. The Hall–Kier alpha value is -2.85. The lowest BCUT2D eigenvalue weighted by atomic mass is 10.2.